The summed E-state index contributed by atoms with van der Waals surface area (Å²) in [6.07, 6.45) is 0.649. The minimum atomic E-state index is -3.59. The number of hydrogen-bond donors (Lipinski definition) is 1. The number of likely N-dealkylation sites (N-methyl/N-ethyl adjacent to an activating group) is 1. The molecule has 0 spiro atoms. The van der Waals surface area contributed by atoms with Crippen molar-refractivity contribution in [3.8, 4) is 0 Å². The number of nitrogens with zero attached hydrogens (tertiary/aromatic N) is 1. The Hall–Kier alpha value is -1.15. The van der Waals surface area contributed by atoms with Gasteiger partial charge in [-0.25, -0.2) is 12.7 Å². The molecule has 7 heteroatoms. The molecule has 1 aromatic heterocycles. The van der Waals surface area contributed by atoms with E-state index in [2.05, 4.69) is 15.9 Å². The molecule has 21 heavy (non-hydrogen) atoms. The second kappa shape index (κ2) is 6.74. The Morgan fingerprint density at radius 3 is 2.52 bits per heavy atom. The Morgan fingerprint density at radius 2 is 1.95 bits per heavy atom. The molecular weight excluding hydrogens is 356 g/mol. The first kappa shape index (κ1) is 16.2. The number of nitrogens with two attached hydrogens (primary N) is 1. The van der Waals surface area contributed by atoms with Gasteiger partial charge in [0.15, 0.2) is 4.67 Å². The number of halogens is 1. The van der Waals surface area contributed by atoms with Gasteiger partial charge in [-0.1, -0.05) is 30.3 Å². The van der Waals surface area contributed by atoms with E-state index in [1.54, 1.807) is 7.05 Å². The first-order chi connectivity index (χ1) is 9.95. The smallest absolute Gasteiger partial charge is 0.247 e. The van der Waals surface area contributed by atoms with E-state index in [1.165, 1.54) is 10.4 Å². The molecule has 0 atom stereocenters. The molecule has 0 unspecified atom stereocenters. The predicted molar refractivity (Wildman–Crippen MR) is 84.3 cm³/mol. The van der Waals surface area contributed by atoms with Gasteiger partial charge in [0, 0.05) is 19.7 Å². The van der Waals surface area contributed by atoms with Crippen molar-refractivity contribution in [2.45, 2.75) is 17.9 Å². The Balaban J connectivity index is 2.13. The van der Waals surface area contributed by atoms with Crippen LogP contribution in [0.5, 0.6) is 0 Å². The molecule has 0 aliphatic rings. The van der Waals surface area contributed by atoms with Crippen molar-refractivity contribution in [1.82, 2.24) is 4.31 Å². The molecule has 1 heterocycles. The third kappa shape index (κ3) is 3.74. The Kier molecular flexibility index (Phi) is 5.21. The SMILES string of the molecule is CN(CCc1ccccc1)S(=O)(=O)c1cc(CN)oc1Br. The number of sulfonamides is 1. The highest BCUT2D eigenvalue weighted by Gasteiger charge is 2.26. The molecule has 0 aliphatic carbocycles. The van der Waals surface area contributed by atoms with Gasteiger partial charge in [-0.2, -0.15) is 0 Å². The lowest BCUT2D eigenvalue weighted by atomic mass is 10.2. The second-order valence-electron chi connectivity index (χ2n) is 4.62. The van der Waals surface area contributed by atoms with Crippen LogP contribution in [0.4, 0.5) is 0 Å². The van der Waals surface area contributed by atoms with Crippen molar-refractivity contribution in [3.05, 3.63) is 52.4 Å². The molecule has 2 aromatic rings. The van der Waals surface area contributed by atoms with Crippen LogP contribution < -0.4 is 5.73 Å². The van der Waals surface area contributed by atoms with E-state index in [1.807, 2.05) is 30.3 Å². The summed E-state index contributed by atoms with van der Waals surface area (Å²) in [4.78, 5) is 0.110. The number of rotatable bonds is 6. The van der Waals surface area contributed by atoms with Gasteiger partial charge in [0.05, 0.1) is 6.54 Å². The maximum Gasteiger partial charge on any atom is 0.247 e. The van der Waals surface area contributed by atoms with Gasteiger partial charge in [0.1, 0.15) is 10.7 Å². The lowest BCUT2D eigenvalue weighted by Gasteiger charge is -2.16. The van der Waals surface area contributed by atoms with Crippen molar-refractivity contribution in [2.24, 2.45) is 5.73 Å². The zero-order valence-electron chi connectivity index (χ0n) is 11.6. The molecular formula is C14H17BrN2O3S. The molecule has 0 radical (unpaired) electrons. The summed E-state index contributed by atoms with van der Waals surface area (Å²) in [6, 6.07) is 11.2. The van der Waals surface area contributed by atoms with Crippen LogP contribution in [-0.2, 0) is 23.0 Å². The van der Waals surface area contributed by atoms with Gasteiger partial charge in [-0.05, 0) is 27.9 Å². The Morgan fingerprint density at radius 1 is 1.29 bits per heavy atom. The van der Waals surface area contributed by atoms with Crippen molar-refractivity contribution in [3.63, 3.8) is 0 Å². The molecule has 0 aliphatic heterocycles. The molecule has 0 saturated heterocycles. The van der Waals surface area contributed by atoms with E-state index in [-0.39, 0.29) is 16.1 Å². The van der Waals surface area contributed by atoms with Crippen LogP contribution in [0.3, 0.4) is 0 Å². The van der Waals surface area contributed by atoms with Gasteiger partial charge in [0.2, 0.25) is 10.0 Å². The van der Waals surface area contributed by atoms with E-state index in [4.69, 9.17) is 10.2 Å². The summed E-state index contributed by atoms with van der Waals surface area (Å²) in [6.45, 7) is 0.545. The van der Waals surface area contributed by atoms with E-state index >= 15 is 0 Å². The van der Waals surface area contributed by atoms with Crippen LogP contribution >= 0.6 is 15.9 Å². The average Bonchev–Trinajstić information content (AvgIpc) is 2.87. The van der Waals surface area contributed by atoms with Gasteiger partial charge in [-0.3, -0.25) is 0 Å². The van der Waals surface area contributed by atoms with Crippen molar-refractivity contribution in [2.75, 3.05) is 13.6 Å². The Labute approximate surface area is 132 Å². The summed E-state index contributed by atoms with van der Waals surface area (Å²) < 4.78 is 31.8. The molecule has 114 valence electrons. The predicted octanol–water partition coefficient (Wildman–Crippen LogP) is 2.36. The summed E-state index contributed by atoms with van der Waals surface area (Å²) in [5, 5.41) is 0. The van der Waals surface area contributed by atoms with Crippen LogP contribution in [0.25, 0.3) is 0 Å². The third-order valence-corrected chi connectivity index (χ3v) is 5.87. The molecule has 2 N–H and O–H groups in total. The van der Waals surface area contributed by atoms with Crippen molar-refractivity contribution < 1.29 is 12.8 Å². The van der Waals surface area contributed by atoms with Gasteiger partial charge in [-0.15, -0.1) is 0 Å². The molecule has 0 fully saturated rings. The quantitative estimate of drug-likeness (QED) is 0.844. The minimum Gasteiger partial charge on any atom is -0.452 e. The third-order valence-electron chi connectivity index (χ3n) is 3.15. The second-order valence-corrected chi connectivity index (χ2v) is 7.35. The number of benzene rings is 1. The van der Waals surface area contributed by atoms with E-state index in [0.717, 1.165) is 5.56 Å². The first-order valence-corrected chi connectivity index (χ1v) is 8.67. The van der Waals surface area contributed by atoms with Crippen LogP contribution in [0.2, 0.25) is 0 Å². The lowest BCUT2D eigenvalue weighted by molar-refractivity contribution is 0.462. The monoisotopic (exact) mass is 372 g/mol. The van der Waals surface area contributed by atoms with Crippen LogP contribution in [-0.4, -0.2) is 26.3 Å². The zero-order valence-corrected chi connectivity index (χ0v) is 14.0. The summed E-state index contributed by atoms with van der Waals surface area (Å²) in [7, 11) is -2.04. The fraction of sp³-hybridized carbons (Fsp3) is 0.286. The lowest BCUT2D eigenvalue weighted by Crippen LogP contribution is -2.29. The molecule has 0 bridgehead atoms. The Bertz CT molecular complexity index is 698. The minimum absolute atomic E-state index is 0.110. The number of furan rings is 1. The number of hydrogen-bond acceptors (Lipinski definition) is 4. The van der Waals surface area contributed by atoms with Crippen LogP contribution in [0.1, 0.15) is 11.3 Å². The van der Waals surface area contributed by atoms with E-state index in [9.17, 15) is 8.42 Å². The normalized spacial score (nSPS) is 12.0. The van der Waals surface area contributed by atoms with Gasteiger partial charge < -0.3 is 10.2 Å². The van der Waals surface area contributed by atoms with Gasteiger partial charge >= 0.3 is 0 Å². The highest BCUT2D eigenvalue weighted by Crippen LogP contribution is 2.28. The molecule has 5 nitrogen and oxygen atoms in total. The fourth-order valence-corrected chi connectivity index (χ4v) is 4.02. The molecule has 1 aromatic carbocycles. The van der Waals surface area contributed by atoms with Crippen molar-refractivity contribution >= 4 is 26.0 Å². The van der Waals surface area contributed by atoms with E-state index < -0.39 is 10.0 Å². The highest BCUT2D eigenvalue weighted by molar-refractivity contribution is 9.10. The van der Waals surface area contributed by atoms with Crippen LogP contribution in [0.15, 0.2) is 50.4 Å². The average molecular weight is 373 g/mol. The summed E-state index contributed by atoms with van der Waals surface area (Å²) in [5.74, 6) is 0.428. The molecule has 0 saturated carbocycles. The maximum atomic E-state index is 12.5. The standard InChI is InChI=1S/C14H17BrN2O3S/c1-17(8-7-11-5-3-2-4-6-11)21(18,19)13-9-12(10-16)20-14(13)15/h2-6,9H,7-8,10,16H2,1H3. The molecule has 2 rings (SSSR count). The summed E-state index contributed by atoms with van der Waals surface area (Å²) in [5.41, 5.74) is 6.55. The van der Waals surface area contributed by atoms with Gasteiger partial charge in [0.25, 0.3) is 0 Å². The molecule has 0 amide bonds. The summed E-state index contributed by atoms with van der Waals surface area (Å²) >= 11 is 3.13. The fourth-order valence-electron chi connectivity index (χ4n) is 1.89. The topological polar surface area (TPSA) is 76.5 Å². The first-order valence-electron chi connectivity index (χ1n) is 6.43. The maximum absolute atomic E-state index is 12.5. The zero-order chi connectivity index (χ0) is 15.5. The largest absolute Gasteiger partial charge is 0.452 e. The van der Waals surface area contributed by atoms with E-state index in [0.29, 0.717) is 18.7 Å². The van der Waals surface area contributed by atoms with Crippen LogP contribution in [0, 0.1) is 0 Å². The van der Waals surface area contributed by atoms with Crippen molar-refractivity contribution in [1.29, 1.82) is 0 Å². The highest BCUT2D eigenvalue weighted by atomic mass is 79.9.